The molecule has 0 aliphatic rings. The summed E-state index contributed by atoms with van der Waals surface area (Å²) >= 11 is 0. The van der Waals surface area contributed by atoms with Gasteiger partial charge in [-0.25, -0.2) is 9.79 Å². The number of alkyl halides is 3. The van der Waals surface area contributed by atoms with Gasteiger partial charge in [0.1, 0.15) is 5.84 Å². The zero-order valence-corrected chi connectivity index (χ0v) is 18.0. The Morgan fingerprint density at radius 3 is 2.47 bits per heavy atom. The summed E-state index contributed by atoms with van der Waals surface area (Å²) in [7, 11) is 0. The van der Waals surface area contributed by atoms with Gasteiger partial charge in [0.25, 0.3) is 0 Å². The number of amidine groups is 1. The van der Waals surface area contributed by atoms with Crippen molar-refractivity contribution in [3.05, 3.63) is 83.4 Å². The number of carbonyl (C=O) groups is 2. The Hall–Kier alpha value is -3.42. The predicted octanol–water partition coefficient (Wildman–Crippen LogP) is 5.15. The van der Waals surface area contributed by atoms with Crippen LogP contribution in [0.25, 0.3) is 0 Å². The first-order valence-corrected chi connectivity index (χ1v) is 10.0. The molecule has 0 aliphatic carbocycles. The average Bonchev–Trinajstić information content (AvgIpc) is 2.74. The summed E-state index contributed by atoms with van der Waals surface area (Å²) in [6.07, 6.45) is -2.66. The predicted molar refractivity (Wildman–Crippen MR) is 118 cm³/mol. The van der Waals surface area contributed by atoms with Gasteiger partial charge >= 0.3 is 12.2 Å². The number of nitrogens with one attached hydrogen (secondary N) is 1. The zero-order chi connectivity index (χ0) is 23.7. The Balaban J connectivity index is 2.20. The number of benzene rings is 2. The smallest absolute Gasteiger partial charge is 0.320 e. The summed E-state index contributed by atoms with van der Waals surface area (Å²) in [6.45, 7) is 8.29. The molecule has 2 aromatic carbocycles. The van der Waals surface area contributed by atoms with E-state index in [1.807, 2.05) is 38.1 Å². The largest absolute Gasteiger partial charge is 0.416 e. The van der Waals surface area contributed by atoms with Gasteiger partial charge < -0.3 is 4.90 Å². The molecular formula is C24H26F3N3O2. The second kappa shape index (κ2) is 11.3. The van der Waals surface area contributed by atoms with Crippen LogP contribution in [0.1, 0.15) is 29.2 Å². The van der Waals surface area contributed by atoms with E-state index in [-0.39, 0.29) is 30.1 Å². The Morgan fingerprint density at radius 1 is 1.19 bits per heavy atom. The molecule has 1 N–H and O–H groups in total. The van der Waals surface area contributed by atoms with Crippen LogP contribution in [0, 0.1) is 12.8 Å². The maximum Gasteiger partial charge on any atom is 0.416 e. The molecule has 0 aromatic heterocycles. The van der Waals surface area contributed by atoms with Crippen LogP contribution in [-0.4, -0.2) is 29.7 Å². The lowest BCUT2D eigenvalue weighted by Gasteiger charge is -2.25. The van der Waals surface area contributed by atoms with Gasteiger partial charge in [0.15, 0.2) is 0 Å². The Labute approximate surface area is 185 Å². The lowest BCUT2D eigenvalue weighted by atomic mass is 10.1. The van der Waals surface area contributed by atoms with Crippen LogP contribution >= 0.6 is 0 Å². The van der Waals surface area contributed by atoms with Crippen LogP contribution in [0.5, 0.6) is 0 Å². The standard InChI is InChI=1S/C24H26F3N3O2/c1-4-17(2)14-30(15-19-10-8-18(3)9-11-19)23(32)29-22(28-16-31)13-20-6-5-7-21(12-20)24(25,26)27/h4-12,16-17H,1,13-15H2,2-3H3,(H,28,29,31,32). The van der Waals surface area contributed by atoms with Gasteiger partial charge in [-0.3, -0.25) is 10.1 Å². The monoisotopic (exact) mass is 445 g/mol. The minimum absolute atomic E-state index is 0.00104. The number of rotatable bonds is 8. The Bertz CT molecular complexity index is 969. The number of halogens is 3. The topological polar surface area (TPSA) is 61.8 Å². The van der Waals surface area contributed by atoms with Crippen LogP contribution in [-0.2, 0) is 23.9 Å². The van der Waals surface area contributed by atoms with Crippen molar-refractivity contribution in [2.24, 2.45) is 10.9 Å². The summed E-state index contributed by atoms with van der Waals surface area (Å²) in [5.41, 5.74) is 1.46. The lowest BCUT2D eigenvalue weighted by molar-refractivity contribution is -0.137. The first-order valence-electron chi connectivity index (χ1n) is 10.0. The molecule has 0 bridgehead atoms. The van der Waals surface area contributed by atoms with Gasteiger partial charge in [0.05, 0.1) is 5.56 Å². The third-order valence-electron chi connectivity index (χ3n) is 4.78. The maximum absolute atomic E-state index is 13.0. The maximum atomic E-state index is 13.0. The van der Waals surface area contributed by atoms with E-state index < -0.39 is 17.8 Å². The fourth-order valence-corrected chi connectivity index (χ4v) is 2.99. The van der Waals surface area contributed by atoms with Crippen molar-refractivity contribution in [2.45, 2.75) is 33.0 Å². The lowest BCUT2D eigenvalue weighted by Crippen LogP contribution is -2.44. The number of nitrogens with zero attached hydrogens (tertiary/aromatic N) is 2. The summed E-state index contributed by atoms with van der Waals surface area (Å²) < 4.78 is 39.0. The van der Waals surface area contributed by atoms with E-state index in [1.165, 1.54) is 12.1 Å². The van der Waals surface area contributed by atoms with E-state index >= 15 is 0 Å². The second-order valence-electron chi connectivity index (χ2n) is 7.57. The second-order valence-corrected chi connectivity index (χ2v) is 7.57. The zero-order valence-electron chi connectivity index (χ0n) is 18.0. The van der Waals surface area contributed by atoms with Crippen LogP contribution in [0.15, 0.2) is 66.2 Å². The average molecular weight is 445 g/mol. The quantitative estimate of drug-likeness (QED) is 0.265. The van der Waals surface area contributed by atoms with E-state index in [9.17, 15) is 22.8 Å². The van der Waals surface area contributed by atoms with Gasteiger partial charge in [0, 0.05) is 19.5 Å². The van der Waals surface area contributed by atoms with Crippen molar-refractivity contribution >= 4 is 18.3 Å². The third kappa shape index (κ3) is 7.68. The number of hydrogen-bond acceptors (Lipinski definition) is 2. The Morgan fingerprint density at radius 2 is 1.88 bits per heavy atom. The molecule has 170 valence electrons. The molecular weight excluding hydrogens is 419 g/mol. The number of aryl methyl sites for hydroxylation is 1. The fraction of sp³-hybridized carbons (Fsp3) is 0.292. The van der Waals surface area contributed by atoms with E-state index in [0.717, 1.165) is 23.3 Å². The summed E-state index contributed by atoms with van der Waals surface area (Å²) in [5.74, 6) is -0.0365. The molecule has 8 heteroatoms. The molecule has 0 saturated heterocycles. The first-order chi connectivity index (χ1) is 15.1. The molecule has 1 atom stereocenters. The van der Waals surface area contributed by atoms with Gasteiger partial charge in [-0.05, 0) is 30.0 Å². The van der Waals surface area contributed by atoms with Gasteiger partial charge in [-0.15, -0.1) is 6.58 Å². The molecule has 1 unspecified atom stereocenters. The van der Waals surface area contributed by atoms with E-state index in [1.54, 1.807) is 11.0 Å². The van der Waals surface area contributed by atoms with Gasteiger partial charge in [-0.2, -0.15) is 13.2 Å². The summed E-state index contributed by atoms with van der Waals surface area (Å²) in [5, 5.41) is 2.58. The molecule has 0 spiro atoms. The molecule has 0 fully saturated rings. The Kier molecular flexibility index (Phi) is 8.75. The molecule has 0 heterocycles. The highest BCUT2D eigenvalue weighted by Gasteiger charge is 2.30. The SMILES string of the molecule is C=CC(C)CN(Cc1ccc(C)cc1)C(=O)NC(Cc1cccc(C(F)(F)F)c1)=NC=O. The molecule has 5 nitrogen and oxygen atoms in total. The minimum atomic E-state index is -4.49. The highest BCUT2D eigenvalue weighted by molar-refractivity contribution is 6.00. The van der Waals surface area contributed by atoms with Crippen LogP contribution in [0.4, 0.5) is 18.0 Å². The van der Waals surface area contributed by atoms with E-state index in [2.05, 4.69) is 16.9 Å². The number of amides is 3. The van der Waals surface area contributed by atoms with E-state index in [4.69, 9.17) is 0 Å². The van der Waals surface area contributed by atoms with Crippen LogP contribution in [0.3, 0.4) is 0 Å². The summed E-state index contributed by atoms with van der Waals surface area (Å²) in [4.78, 5) is 29.1. The van der Waals surface area contributed by atoms with Crippen molar-refractivity contribution in [1.82, 2.24) is 10.2 Å². The number of aliphatic imine (C=N–C) groups is 1. The third-order valence-corrected chi connectivity index (χ3v) is 4.78. The minimum Gasteiger partial charge on any atom is -0.320 e. The van der Waals surface area contributed by atoms with Crippen LogP contribution in [0.2, 0.25) is 0 Å². The van der Waals surface area contributed by atoms with Gasteiger partial charge in [0.2, 0.25) is 6.41 Å². The number of carbonyl (C=O) groups excluding carboxylic acids is 2. The molecule has 2 aromatic rings. The van der Waals surface area contributed by atoms with Crippen molar-refractivity contribution in [3.8, 4) is 0 Å². The molecule has 32 heavy (non-hydrogen) atoms. The van der Waals surface area contributed by atoms with Crippen molar-refractivity contribution in [2.75, 3.05) is 6.54 Å². The molecule has 2 rings (SSSR count). The molecule has 0 saturated carbocycles. The van der Waals surface area contributed by atoms with E-state index in [0.29, 0.717) is 13.1 Å². The normalized spacial score (nSPS) is 12.7. The van der Waals surface area contributed by atoms with Crippen molar-refractivity contribution < 1.29 is 22.8 Å². The fourth-order valence-electron chi connectivity index (χ4n) is 2.99. The first kappa shape index (κ1) is 24.8. The molecule has 0 aliphatic heterocycles. The highest BCUT2D eigenvalue weighted by Crippen LogP contribution is 2.29. The van der Waals surface area contributed by atoms with Crippen molar-refractivity contribution in [1.29, 1.82) is 0 Å². The number of hydrogen-bond donors (Lipinski definition) is 1. The van der Waals surface area contributed by atoms with Crippen molar-refractivity contribution in [3.63, 3.8) is 0 Å². The van der Waals surface area contributed by atoms with Gasteiger partial charge in [-0.1, -0.05) is 61.0 Å². The molecule has 0 radical (unpaired) electrons. The number of urea groups is 1. The molecule has 3 amide bonds. The summed E-state index contributed by atoms with van der Waals surface area (Å²) in [6, 6.07) is 11.9. The highest BCUT2D eigenvalue weighted by atomic mass is 19.4. The van der Waals surface area contributed by atoms with Crippen LogP contribution < -0.4 is 5.32 Å².